The first-order chi connectivity index (χ1) is 8.18. The first-order valence-corrected chi connectivity index (χ1v) is 7.10. The van der Waals surface area contributed by atoms with Crippen LogP contribution in [0.4, 0.5) is 0 Å². The van der Waals surface area contributed by atoms with Crippen LogP contribution in [0.2, 0.25) is 0 Å². The summed E-state index contributed by atoms with van der Waals surface area (Å²) in [4.78, 5) is 11.0. The molecule has 0 heterocycles. The van der Waals surface area contributed by atoms with Crippen LogP contribution in [0.1, 0.15) is 71.6 Å². The zero-order valence-corrected chi connectivity index (χ0v) is 11.5. The van der Waals surface area contributed by atoms with Crippen molar-refractivity contribution in [2.75, 3.05) is 6.61 Å². The smallest absolute Gasteiger partial charge is 0.322 e. The molecule has 0 spiro atoms. The second-order valence-corrected chi connectivity index (χ2v) is 4.78. The predicted molar refractivity (Wildman–Crippen MR) is 71.8 cm³/mol. The Morgan fingerprint density at radius 2 is 1.47 bits per heavy atom. The minimum Gasteiger partial charge on any atom is -0.465 e. The number of ether oxygens (including phenoxy) is 1. The van der Waals surface area contributed by atoms with Gasteiger partial charge in [0, 0.05) is 0 Å². The number of rotatable bonds is 11. The summed E-state index contributed by atoms with van der Waals surface area (Å²) in [5.74, 6) is -0.287. The highest BCUT2D eigenvalue weighted by Gasteiger charge is 2.07. The van der Waals surface area contributed by atoms with Gasteiger partial charge in [0.25, 0.3) is 0 Å². The van der Waals surface area contributed by atoms with Gasteiger partial charge < -0.3 is 10.5 Å². The van der Waals surface area contributed by atoms with Crippen LogP contribution in [0.15, 0.2) is 0 Å². The van der Waals surface area contributed by atoms with Crippen LogP contribution in [0.5, 0.6) is 0 Å². The monoisotopic (exact) mass is 243 g/mol. The van der Waals surface area contributed by atoms with Gasteiger partial charge in [-0.2, -0.15) is 0 Å². The van der Waals surface area contributed by atoms with Crippen molar-refractivity contribution in [2.45, 2.75) is 77.7 Å². The molecule has 0 fully saturated rings. The number of unbranched alkanes of at least 4 members (excludes halogenated alkanes) is 8. The third kappa shape index (κ3) is 11.7. The number of carbonyl (C=O) groups excluding carboxylic acids is 1. The molecule has 0 bridgehead atoms. The van der Waals surface area contributed by atoms with Gasteiger partial charge in [-0.25, -0.2) is 0 Å². The fraction of sp³-hybridized carbons (Fsp3) is 0.929. The molecule has 0 aliphatic carbocycles. The molecule has 0 aliphatic heterocycles. The first kappa shape index (κ1) is 16.4. The fourth-order valence-electron chi connectivity index (χ4n) is 1.72. The highest BCUT2D eigenvalue weighted by Crippen LogP contribution is 2.09. The van der Waals surface area contributed by atoms with E-state index in [9.17, 15) is 4.79 Å². The molecule has 1 atom stereocenters. The third-order valence-electron chi connectivity index (χ3n) is 2.86. The van der Waals surface area contributed by atoms with Crippen LogP contribution in [0.25, 0.3) is 0 Å². The van der Waals surface area contributed by atoms with E-state index in [4.69, 9.17) is 10.5 Å². The zero-order valence-electron chi connectivity index (χ0n) is 11.5. The van der Waals surface area contributed by atoms with E-state index < -0.39 is 6.04 Å². The van der Waals surface area contributed by atoms with Crippen molar-refractivity contribution in [3.05, 3.63) is 0 Å². The van der Waals surface area contributed by atoms with E-state index in [-0.39, 0.29) is 5.97 Å². The number of hydrogen-bond donors (Lipinski definition) is 1. The SMILES string of the molecule is CCCCCCCCCCCOC(=O)[C@H](C)N. The van der Waals surface area contributed by atoms with Gasteiger partial charge >= 0.3 is 5.97 Å². The fourth-order valence-corrected chi connectivity index (χ4v) is 1.72. The van der Waals surface area contributed by atoms with E-state index in [2.05, 4.69) is 6.92 Å². The molecule has 0 saturated carbocycles. The zero-order chi connectivity index (χ0) is 12.9. The van der Waals surface area contributed by atoms with Gasteiger partial charge in [0.05, 0.1) is 6.61 Å². The molecule has 0 unspecified atom stereocenters. The number of esters is 1. The van der Waals surface area contributed by atoms with Crippen molar-refractivity contribution >= 4 is 5.97 Å². The average molecular weight is 243 g/mol. The number of nitrogens with two attached hydrogens (primary N) is 1. The number of carbonyl (C=O) groups is 1. The largest absolute Gasteiger partial charge is 0.465 e. The Balaban J connectivity index is 3.06. The molecule has 0 radical (unpaired) electrons. The van der Waals surface area contributed by atoms with Crippen LogP contribution in [0.3, 0.4) is 0 Å². The van der Waals surface area contributed by atoms with E-state index in [1.54, 1.807) is 6.92 Å². The Morgan fingerprint density at radius 1 is 1.00 bits per heavy atom. The second-order valence-electron chi connectivity index (χ2n) is 4.78. The molecular weight excluding hydrogens is 214 g/mol. The lowest BCUT2D eigenvalue weighted by Crippen LogP contribution is -2.28. The molecule has 0 aromatic carbocycles. The van der Waals surface area contributed by atoms with Gasteiger partial charge in [-0.05, 0) is 13.3 Å². The maximum Gasteiger partial charge on any atom is 0.322 e. The van der Waals surface area contributed by atoms with Gasteiger partial charge in [-0.3, -0.25) is 4.79 Å². The lowest BCUT2D eigenvalue weighted by Gasteiger charge is -2.06. The molecule has 17 heavy (non-hydrogen) atoms. The topological polar surface area (TPSA) is 52.3 Å². The Hall–Kier alpha value is -0.570. The summed E-state index contributed by atoms with van der Waals surface area (Å²) in [5, 5.41) is 0. The summed E-state index contributed by atoms with van der Waals surface area (Å²) in [6, 6.07) is -0.492. The van der Waals surface area contributed by atoms with Crippen molar-refractivity contribution in [2.24, 2.45) is 5.73 Å². The summed E-state index contributed by atoms with van der Waals surface area (Å²) in [6.45, 7) is 4.42. The van der Waals surface area contributed by atoms with E-state index in [1.807, 2.05) is 0 Å². The van der Waals surface area contributed by atoms with E-state index in [0.717, 1.165) is 12.8 Å². The van der Waals surface area contributed by atoms with Crippen molar-refractivity contribution in [3.8, 4) is 0 Å². The van der Waals surface area contributed by atoms with Crippen LogP contribution >= 0.6 is 0 Å². The average Bonchev–Trinajstić information content (AvgIpc) is 2.31. The maximum atomic E-state index is 11.0. The van der Waals surface area contributed by atoms with Gasteiger partial charge in [0.15, 0.2) is 0 Å². The minimum atomic E-state index is -0.492. The molecule has 0 amide bonds. The summed E-state index contributed by atoms with van der Waals surface area (Å²) in [6.07, 6.45) is 11.5. The quantitative estimate of drug-likeness (QED) is 0.447. The molecule has 2 N–H and O–H groups in total. The van der Waals surface area contributed by atoms with E-state index >= 15 is 0 Å². The second kappa shape index (κ2) is 11.9. The van der Waals surface area contributed by atoms with Crippen molar-refractivity contribution in [3.63, 3.8) is 0 Å². The van der Waals surface area contributed by atoms with Gasteiger partial charge in [0.1, 0.15) is 6.04 Å². The minimum absolute atomic E-state index is 0.287. The molecule has 102 valence electrons. The molecule has 0 aromatic rings. The normalized spacial score (nSPS) is 12.4. The number of hydrogen-bond acceptors (Lipinski definition) is 3. The lowest BCUT2D eigenvalue weighted by molar-refractivity contribution is -0.144. The highest BCUT2D eigenvalue weighted by atomic mass is 16.5. The summed E-state index contributed by atoms with van der Waals surface area (Å²) >= 11 is 0. The predicted octanol–water partition coefficient (Wildman–Crippen LogP) is 3.41. The van der Waals surface area contributed by atoms with Gasteiger partial charge in [-0.15, -0.1) is 0 Å². The lowest BCUT2D eigenvalue weighted by atomic mass is 10.1. The molecule has 0 rings (SSSR count). The molecular formula is C14H29NO2. The summed E-state index contributed by atoms with van der Waals surface area (Å²) < 4.78 is 5.00. The Morgan fingerprint density at radius 3 is 1.94 bits per heavy atom. The van der Waals surface area contributed by atoms with Gasteiger partial charge in [-0.1, -0.05) is 58.3 Å². The van der Waals surface area contributed by atoms with Crippen LogP contribution in [-0.2, 0) is 9.53 Å². The van der Waals surface area contributed by atoms with Crippen molar-refractivity contribution < 1.29 is 9.53 Å². The molecule has 0 aromatic heterocycles. The Kier molecular flexibility index (Phi) is 11.5. The van der Waals surface area contributed by atoms with Crippen LogP contribution < -0.4 is 5.73 Å². The summed E-state index contributed by atoms with van der Waals surface area (Å²) in [7, 11) is 0. The maximum absolute atomic E-state index is 11.0. The molecule has 3 nitrogen and oxygen atoms in total. The van der Waals surface area contributed by atoms with Crippen molar-refractivity contribution in [1.29, 1.82) is 0 Å². The highest BCUT2D eigenvalue weighted by molar-refractivity contribution is 5.74. The first-order valence-electron chi connectivity index (χ1n) is 7.10. The molecule has 0 saturated heterocycles. The van der Waals surface area contributed by atoms with E-state index in [0.29, 0.717) is 6.61 Å². The Labute approximate surface area is 106 Å². The molecule has 0 aliphatic rings. The molecule has 3 heteroatoms. The summed E-state index contributed by atoms with van der Waals surface area (Å²) in [5.41, 5.74) is 5.38. The van der Waals surface area contributed by atoms with Crippen LogP contribution in [0, 0.1) is 0 Å². The van der Waals surface area contributed by atoms with E-state index in [1.165, 1.54) is 44.9 Å². The Bertz CT molecular complexity index is 181. The van der Waals surface area contributed by atoms with Crippen molar-refractivity contribution in [1.82, 2.24) is 0 Å². The van der Waals surface area contributed by atoms with Crippen LogP contribution in [-0.4, -0.2) is 18.6 Å². The third-order valence-corrected chi connectivity index (χ3v) is 2.86. The standard InChI is InChI=1S/C14H29NO2/c1-3-4-5-6-7-8-9-10-11-12-17-14(16)13(2)15/h13H,3-12,15H2,1-2H3/t13-/m0/s1. The van der Waals surface area contributed by atoms with Gasteiger partial charge in [0.2, 0.25) is 0 Å².